The standard InChI is InChI=1S/C13H17F3N2O/c1-9-6-10(8-11(17)7-9)12(19)18-5-3-2-4-13(14,15)16/h6-8H,2-5,17H2,1H3,(H,18,19). The van der Waals surface area contributed by atoms with Crippen molar-refractivity contribution >= 4 is 11.6 Å². The molecule has 0 atom stereocenters. The summed E-state index contributed by atoms with van der Waals surface area (Å²) in [5, 5.41) is 2.58. The topological polar surface area (TPSA) is 55.1 Å². The van der Waals surface area contributed by atoms with E-state index in [1.54, 1.807) is 12.1 Å². The molecule has 3 nitrogen and oxygen atoms in total. The van der Waals surface area contributed by atoms with Crippen molar-refractivity contribution in [3.8, 4) is 0 Å². The van der Waals surface area contributed by atoms with Crippen LogP contribution in [-0.2, 0) is 0 Å². The molecule has 0 aromatic heterocycles. The Labute approximate surface area is 110 Å². The van der Waals surface area contributed by atoms with E-state index >= 15 is 0 Å². The van der Waals surface area contributed by atoms with Gasteiger partial charge < -0.3 is 11.1 Å². The number of amides is 1. The molecule has 1 rings (SSSR count). The van der Waals surface area contributed by atoms with Crippen molar-refractivity contribution in [2.24, 2.45) is 0 Å². The number of alkyl halides is 3. The van der Waals surface area contributed by atoms with Gasteiger partial charge in [-0.15, -0.1) is 0 Å². The molecule has 0 aliphatic rings. The van der Waals surface area contributed by atoms with E-state index in [0.29, 0.717) is 17.7 Å². The molecule has 0 saturated carbocycles. The first-order chi connectivity index (χ1) is 8.78. The lowest BCUT2D eigenvalue weighted by Crippen LogP contribution is -2.25. The van der Waals surface area contributed by atoms with E-state index in [0.717, 1.165) is 5.56 Å². The molecule has 0 unspecified atom stereocenters. The second-order valence-corrected chi connectivity index (χ2v) is 4.46. The van der Waals surface area contributed by atoms with Gasteiger partial charge in [-0.3, -0.25) is 4.79 Å². The number of nitrogen functional groups attached to an aromatic ring is 1. The van der Waals surface area contributed by atoms with Crippen molar-refractivity contribution in [3.05, 3.63) is 29.3 Å². The van der Waals surface area contributed by atoms with Gasteiger partial charge in [-0.05, 0) is 43.5 Å². The number of anilines is 1. The van der Waals surface area contributed by atoms with Gasteiger partial charge >= 0.3 is 6.18 Å². The van der Waals surface area contributed by atoms with Crippen LogP contribution in [0.15, 0.2) is 18.2 Å². The Morgan fingerprint density at radius 2 is 1.95 bits per heavy atom. The van der Waals surface area contributed by atoms with Crippen molar-refractivity contribution in [3.63, 3.8) is 0 Å². The van der Waals surface area contributed by atoms with E-state index in [-0.39, 0.29) is 18.9 Å². The van der Waals surface area contributed by atoms with Gasteiger partial charge in [-0.25, -0.2) is 0 Å². The SMILES string of the molecule is Cc1cc(N)cc(C(=O)NCCCCC(F)(F)F)c1. The number of carbonyl (C=O) groups is 1. The maximum Gasteiger partial charge on any atom is 0.389 e. The van der Waals surface area contributed by atoms with E-state index in [4.69, 9.17) is 5.73 Å². The number of halogens is 3. The molecule has 0 aliphatic heterocycles. The zero-order chi connectivity index (χ0) is 14.5. The first-order valence-electron chi connectivity index (χ1n) is 6.00. The number of nitrogens with one attached hydrogen (secondary N) is 1. The summed E-state index contributed by atoms with van der Waals surface area (Å²) in [4.78, 5) is 11.7. The molecule has 0 radical (unpaired) electrons. The summed E-state index contributed by atoms with van der Waals surface area (Å²) >= 11 is 0. The van der Waals surface area contributed by atoms with Crippen LogP contribution < -0.4 is 11.1 Å². The van der Waals surface area contributed by atoms with Crippen LogP contribution in [-0.4, -0.2) is 18.6 Å². The molecule has 19 heavy (non-hydrogen) atoms. The fraction of sp³-hybridized carbons (Fsp3) is 0.462. The Morgan fingerprint density at radius 3 is 2.53 bits per heavy atom. The lowest BCUT2D eigenvalue weighted by Gasteiger charge is -2.08. The van der Waals surface area contributed by atoms with Gasteiger partial charge in [0.2, 0.25) is 0 Å². The average Bonchev–Trinajstić information content (AvgIpc) is 2.25. The number of carbonyl (C=O) groups excluding carboxylic acids is 1. The van der Waals surface area contributed by atoms with E-state index in [1.165, 1.54) is 6.07 Å². The normalized spacial score (nSPS) is 11.4. The minimum absolute atomic E-state index is 0.0136. The van der Waals surface area contributed by atoms with Crippen LogP contribution in [0.4, 0.5) is 18.9 Å². The van der Waals surface area contributed by atoms with E-state index in [2.05, 4.69) is 5.32 Å². The van der Waals surface area contributed by atoms with Crippen LogP contribution in [0.5, 0.6) is 0 Å². The van der Waals surface area contributed by atoms with Crippen molar-refractivity contribution in [1.82, 2.24) is 5.32 Å². The Morgan fingerprint density at radius 1 is 1.26 bits per heavy atom. The van der Waals surface area contributed by atoms with Gasteiger partial charge in [0.25, 0.3) is 5.91 Å². The van der Waals surface area contributed by atoms with Gasteiger partial charge in [0.1, 0.15) is 0 Å². The molecule has 6 heteroatoms. The van der Waals surface area contributed by atoms with Crippen LogP contribution in [0.1, 0.15) is 35.2 Å². The third-order valence-corrected chi connectivity index (χ3v) is 2.53. The predicted octanol–water partition coefficient (Wildman–Crippen LogP) is 3.04. The fourth-order valence-corrected chi connectivity index (χ4v) is 1.70. The Kier molecular flexibility index (Phi) is 5.20. The van der Waals surface area contributed by atoms with Gasteiger partial charge in [0.15, 0.2) is 0 Å². The number of rotatable bonds is 5. The molecule has 1 aromatic rings. The molecule has 0 bridgehead atoms. The van der Waals surface area contributed by atoms with Crippen molar-refractivity contribution < 1.29 is 18.0 Å². The first-order valence-corrected chi connectivity index (χ1v) is 6.00. The van der Waals surface area contributed by atoms with Crippen LogP contribution in [0.25, 0.3) is 0 Å². The summed E-state index contributed by atoms with van der Waals surface area (Å²) in [7, 11) is 0. The zero-order valence-corrected chi connectivity index (χ0v) is 10.7. The highest BCUT2D eigenvalue weighted by Crippen LogP contribution is 2.21. The number of aryl methyl sites for hydroxylation is 1. The molecule has 3 N–H and O–H groups in total. The molecular formula is C13H17F3N2O. The molecule has 0 aliphatic carbocycles. The van der Waals surface area contributed by atoms with Crippen LogP contribution in [0.3, 0.4) is 0 Å². The third-order valence-electron chi connectivity index (χ3n) is 2.53. The van der Waals surface area contributed by atoms with E-state index in [1.807, 2.05) is 6.92 Å². The molecule has 0 fully saturated rings. The van der Waals surface area contributed by atoms with Crippen molar-refractivity contribution in [2.75, 3.05) is 12.3 Å². The molecular weight excluding hydrogens is 257 g/mol. The van der Waals surface area contributed by atoms with Gasteiger partial charge in [0.05, 0.1) is 0 Å². The van der Waals surface area contributed by atoms with Gasteiger partial charge in [-0.2, -0.15) is 13.2 Å². The maximum atomic E-state index is 11.9. The number of nitrogens with two attached hydrogens (primary N) is 1. The summed E-state index contributed by atoms with van der Waals surface area (Å²) in [6.45, 7) is 2.04. The second kappa shape index (κ2) is 6.45. The molecule has 0 heterocycles. The Hall–Kier alpha value is -1.72. The van der Waals surface area contributed by atoms with E-state index < -0.39 is 12.6 Å². The fourth-order valence-electron chi connectivity index (χ4n) is 1.70. The Bertz CT molecular complexity index is 424. The smallest absolute Gasteiger partial charge is 0.389 e. The molecule has 0 spiro atoms. The Balaban J connectivity index is 2.35. The first kappa shape index (κ1) is 15.3. The number of hydrogen-bond donors (Lipinski definition) is 2. The molecule has 0 saturated heterocycles. The predicted molar refractivity (Wildman–Crippen MR) is 67.8 cm³/mol. The summed E-state index contributed by atoms with van der Waals surface area (Å²) in [6, 6.07) is 4.96. The number of hydrogen-bond acceptors (Lipinski definition) is 2. The third kappa shape index (κ3) is 6.13. The van der Waals surface area contributed by atoms with Crippen LogP contribution in [0, 0.1) is 6.92 Å². The average molecular weight is 274 g/mol. The lowest BCUT2D eigenvalue weighted by atomic mass is 10.1. The van der Waals surface area contributed by atoms with Crippen molar-refractivity contribution in [2.45, 2.75) is 32.4 Å². The van der Waals surface area contributed by atoms with Crippen molar-refractivity contribution in [1.29, 1.82) is 0 Å². The number of benzene rings is 1. The minimum atomic E-state index is -4.13. The molecule has 1 aromatic carbocycles. The second-order valence-electron chi connectivity index (χ2n) is 4.46. The molecule has 1 amide bonds. The minimum Gasteiger partial charge on any atom is -0.399 e. The monoisotopic (exact) mass is 274 g/mol. The quantitative estimate of drug-likeness (QED) is 0.640. The summed E-state index contributed by atoms with van der Waals surface area (Å²) in [5.74, 6) is -0.317. The van der Waals surface area contributed by atoms with Gasteiger partial charge in [-0.1, -0.05) is 0 Å². The zero-order valence-electron chi connectivity index (χ0n) is 10.7. The summed E-state index contributed by atoms with van der Waals surface area (Å²) in [5.41, 5.74) is 7.39. The van der Waals surface area contributed by atoms with Gasteiger partial charge in [0, 0.05) is 24.2 Å². The van der Waals surface area contributed by atoms with Crippen LogP contribution in [0.2, 0.25) is 0 Å². The maximum absolute atomic E-state index is 11.9. The van der Waals surface area contributed by atoms with E-state index in [9.17, 15) is 18.0 Å². The number of unbranched alkanes of at least 4 members (excludes halogenated alkanes) is 1. The van der Waals surface area contributed by atoms with Crippen LogP contribution >= 0.6 is 0 Å². The highest BCUT2D eigenvalue weighted by atomic mass is 19.4. The summed E-state index contributed by atoms with van der Waals surface area (Å²) < 4.78 is 35.7. The highest BCUT2D eigenvalue weighted by molar-refractivity contribution is 5.95. The lowest BCUT2D eigenvalue weighted by molar-refractivity contribution is -0.135. The summed E-state index contributed by atoms with van der Waals surface area (Å²) in [6.07, 6.45) is -4.64. The largest absolute Gasteiger partial charge is 0.399 e. The highest BCUT2D eigenvalue weighted by Gasteiger charge is 2.25. The molecule has 106 valence electrons.